The number of sulfone groups is 1. The zero-order chi connectivity index (χ0) is 23.7. The molecular weight excluding hydrogens is 454 g/mol. The van der Waals surface area contributed by atoms with Gasteiger partial charge in [0.05, 0.1) is 22.7 Å². The highest BCUT2D eigenvalue weighted by atomic mass is 32.2. The molecule has 2 aromatic carbocycles. The normalized spacial score (nSPS) is 14.6. The third-order valence-corrected chi connectivity index (χ3v) is 6.57. The summed E-state index contributed by atoms with van der Waals surface area (Å²) in [6.45, 7) is 1.51. The fourth-order valence-corrected chi connectivity index (χ4v) is 4.34. The van der Waals surface area contributed by atoms with Crippen LogP contribution in [0.1, 0.15) is 21.5 Å². The van der Waals surface area contributed by atoms with Crippen LogP contribution >= 0.6 is 0 Å². The molecule has 0 atom stereocenters. The maximum absolute atomic E-state index is 12.7. The number of carbonyl (C=O) groups excluding carboxylic acids is 1. The van der Waals surface area contributed by atoms with Crippen LogP contribution in [0.3, 0.4) is 0 Å². The van der Waals surface area contributed by atoms with Gasteiger partial charge in [0, 0.05) is 36.8 Å². The second-order valence-corrected chi connectivity index (χ2v) is 9.89. The van der Waals surface area contributed by atoms with Gasteiger partial charge in [-0.25, -0.2) is 13.4 Å². The molecule has 9 nitrogen and oxygen atoms in total. The Morgan fingerprint density at radius 2 is 1.97 bits per heavy atom. The van der Waals surface area contributed by atoms with Gasteiger partial charge in [-0.1, -0.05) is 12.1 Å². The van der Waals surface area contributed by atoms with Crippen LogP contribution in [0.25, 0.3) is 0 Å². The molecule has 0 spiro atoms. The summed E-state index contributed by atoms with van der Waals surface area (Å²) in [6, 6.07) is 15.5. The molecule has 3 aromatic rings. The van der Waals surface area contributed by atoms with Crippen LogP contribution in [-0.2, 0) is 16.4 Å². The van der Waals surface area contributed by atoms with Crippen LogP contribution in [0.15, 0.2) is 81.9 Å². The fourth-order valence-electron chi connectivity index (χ4n) is 3.71. The van der Waals surface area contributed by atoms with E-state index in [2.05, 4.69) is 20.3 Å². The number of ether oxygens (including phenoxy) is 1. The van der Waals surface area contributed by atoms with E-state index in [-0.39, 0.29) is 17.4 Å². The van der Waals surface area contributed by atoms with E-state index in [1.165, 1.54) is 12.5 Å². The molecule has 2 aliphatic rings. The zero-order valence-electron chi connectivity index (χ0n) is 18.3. The van der Waals surface area contributed by atoms with Crippen molar-refractivity contribution >= 4 is 33.2 Å². The summed E-state index contributed by atoms with van der Waals surface area (Å²) in [5.74, 6) is 1.46. The van der Waals surface area contributed by atoms with E-state index in [1.807, 2.05) is 17.0 Å². The SMILES string of the molecule is CS(=O)(=O)c1ccc(COc2ccc3c(c2)N=C(NC(=O)c2cccnc2)N2CCN=C32)cc1. The van der Waals surface area contributed by atoms with Crippen LogP contribution in [0.4, 0.5) is 5.69 Å². The lowest BCUT2D eigenvalue weighted by molar-refractivity contribution is 0.0973. The van der Waals surface area contributed by atoms with Crippen LogP contribution in [-0.4, -0.2) is 55.3 Å². The number of nitrogens with one attached hydrogen (secondary N) is 1. The summed E-state index contributed by atoms with van der Waals surface area (Å²) in [6.07, 6.45) is 4.29. The molecule has 0 saturated carbocycles. The highest BCUT2D eigenvalue weighted by molar-refractivity contribution is 7.90. The predicted octanol–water partition coefficient (Wildman–Crippen LogP) is 2.56. The fraction of sp³-hybridized carbons (Fsp3) is 0.167. The minimum atomic E-state index is -3.24. The molecule has 1 N–H and O–H groups in total. The number of pyridine rings is 1. The average Bonchev–Trinajstić information content (AvgIpc) is 3.33. The van der Waals surface area contributed by atoms with Crippen molar-refractivity contribution in [3.63, 3.8) is 0 Å². The first-order valence-electron chi connectivity index (χ1n) is 10.6. The van der Waals surface area contributed by atoms with E-state index in [9.17, 15) is 13.2 Å². The topological polar surface area (TPSA) is 113 Å². The van der Waals surface area contributed by atoms with Gasteiger partial charge in [0.1, 0.15) is 18.2 Å². The molecule has 10 heteroatoms. The highest BCUT2D eigenvalue weighted by Gasteiger charge is 2.30. The summed E-state index contributed by atoms with van der Waals surface area (Å²) in [4.78, 5) is 28.1. The molecular formula is C24H21N5O4S. The molecule has 0 bridgehead atoms. The van der Waals surface area contributed by atoms with Crippen LogP contribution in [0.2, 0.25) is 0 Å². The van der Waals surface area contributed by atoms with Crippen molar-refractivity contribution in [1.82, 2.24) is 15.2 Å². The van der Waals surface area contributed by atoms with E-state index in [4.69, 9.17) is 4.74 Å². The van der Waals surface area contributed by atoms with Crippen molar-refractivity contribution in [3.05, 3.63) is 83.7 Å². The van der Waals surface area contributed by atoms with Gasteiger partial charge in [0.2, 0.25) is 5.96 Å². The number of guanidine groups is 1. The van der Waals surface area contributed by atoms with E-state index in [0.717, 1.165) is 17.0 Å². The Balaban J connectivity index is 1.36. The Kier molecular flexibility index (Phi) is 5.58. The molecule has 172 valence electrons. The van der Waals surface area contributed by atoms with Crippen molar-refractivity contribution in [2.45, 2.75) is 11.5 Å². The number of carbonyl (C=O) groups is 1. The molecule has 5 rings (SSSR count). The van der Waals surface area contributed by atoms with Crippen LogP contribution < -0.4 is 10.1 Å². The number of aliphatic imine (C=N–C) groups is 2. The predicted molar refractivity (Wildman–Crippen MR) is 127 cm³/mol. The second-order valence-electron chi connectivity index (χ2n) is 7.87. The Labute approximate surface area is 196 Å². The lowest BCUT2D eigenvalue weighted by Gasteiger charge is -2.27. The first kappa shape index (κ1) is 21.8. The monoisotopic (exact) mass is 475 g/mol. The Hall–Kier alpha value is -4.05. The summed E-state index contributed by atoms with van der Waals surface area (Å²) >= 11 is 0. The number of hydrogen-bond acceptors (Lipinski definition) is 8. The van der Waals surface area contributed by atoms with E-state index < -0.39 is 9.84 Å². The van der Waals surface area contributed by atoms with Crippen molar-refractivity contribution < 1.29 is 17.9 Å². The van der Waals surface area contributed by atoms with Gasteiger partial charge in [-0.3, -0.25) is 25.0 Å². The molecule has 3 heterocycles. The summed E-state index contributed by atoms with van der Waals surface area (Å²) in [5.41, 5.74) is 2.78. The Bertz CT molecular complexity index is 1420. The third kappa shape index (κ3) is 4.40. The van der Waals surface area contributed by atoms with Crippen molar-refractivity contribution in [1.29, 1.82) is 0 Å². The maximum atomic E-state index is 12.7. The zero-order valence-corrected chi connectivity index (χ0v) is 19.1. The Morgan fingerprint density at radius 3 is 2.71 bits per heavy atom. The van der Waals surface area contributed by atoms with E-state index >= 15 is 0 Å². The molecule has 0 unspecified atom stereocenters. The summed E-state index contributed by atoms with van der Waals surface area (Å²) in [5, 5.41) is 2.87. The largest absolute Gasteiger partial charge is 0.489 e. The lowest BCUT2D eigenvalue weighted by atomic mass is 10.1. The van der Waals surface area contributed by atoms with E-state index in [0.29, 0.717) is 36.0 Å². The average molecular weight is 476 g/mol. The lowest BCUT2D eigenvalue weighted by Crippen LogP contribution is -2.47. The number of hydrogen-bond donors (Lipinski definition) is 1. The molecule has 0 fully saturated rings. The maximum Gasteiger partial charge on any atom is 0.259 e. The first-order valence-corrected chi connectivity index (χ1v) is 12.5. The first-order chi connectivity index (χ1) is 16.4. The van der Waals surface area contributed by atoms with Gasteiger partial charge >= 0.3 is 0 Å². The van der Waals surface area contributed by atoms with Gasteiger partial charge in [-0.05, 0) is 42.0 Å². The van der Waals surface area contributed by atoms with Gasteiger partial charge in [0.15, 0.2) is 9.84 Å². The molecule has 1 aromatic heterocycles. The van der Waals surface area contributed by atoms with Crippen molar-refractivity contribution in [2.75, 3.05) is 19.3 Å². The summed E-state index contributed by atoms with van der Waals surface area (Å²) < 4.78 is 29.2. The molecule has 1 amide bonds. The second kappa shape index (κ2) is 8.71. The molecule has 34 heavy (non-hydrogen) atoms. The highest BCUT2D eigenvalue weighted by Crippen LogP contribution is 2.32. The van der Waals surface area contributed by atoms with Crippen LogP contribution in [0, 0.1) is 0 Å². The van der Waals surface area contributed by atoms with Crippen LogP contribution in [0.5, 0.6) is 5.75 Å². The number of amidine groups is 1. The van der Waals surface area contributed by atoms with Crippen molar-refractivity contribution in [2.24, 2.45) is 9.98 Å². The number of aromatic nitrogens is 1. The molecule has 0 saturated heterocycles. The van der Waals surface area contributed by atoms with Gasteiger partial charge in [0.25, 0.3) is 5.91 Å². The number of benzene rings is 2. The quantitative estimate of drug-likeness (QED) is 0.607. The minimum absolute atomic E-state index is 0.266. The molecule has 0 radical (unpaired) electrons. The minimum Gasteiger partial charge on any atom is -0.489 e. The Morgan fingerprint density at radius 1 is 1.15 bits per heavy atom. The van der Waals surface area contributed by atoms with Gasteiger partial charge in [-0.2, -0.15) is 0 Å². The summed E-state index contributed by atoms with van der Waals surface area (Å²) in [7, 11) is -3.24. The van der Waals surface area contributed by atoms with E-state index in [1.54, 1.807) is 48.7 Å². The van der Waals surface area contributed by atoms with Crippen molar-refractivity contribution in [3.8, 4) is 5.75 Å². The number of amides is 1. The smallest absolute Gasteiger partial charge is 0.259 e. The number of rotatable bonds is 5. The number of nitrogens with zero attached hydrogens (tertiary/aromatic N) is 4. The molecule has 0 aliphatic carbocycles. The third-order valence-electron chi connectivity index (χ3n) is 5.44. The standard InChI is InChI=1S/C24H21N5O4S/c1-34(31,32)19-7-4-16(5-8-19)15-33-18-6-9-20-21(13-18)27-24(29-12-11-26-22(20)29)28-23(30)17-3-2-10-25-14-17/h2-10,13-14H,11-12,15H2,1H3,(H,27,28,30). The molecule has 2 aliphatic heterocycles. The van der Waals surface area contributed by atoms with Gasteiger partial charge in [-0.15, -0.1) is 0 Å². The number of fused-ring (bicyclic) bond motifs is 3. The van der Waals surface area contributed by atoms with Gasteiger partial charge < -0.3 is 4.74 Å².